The Hall–Kier alpha value is -3.34. The summed E-state index contributed by atoms with van der Waals surface area (Å²) < 4.78 is 5.73. The minimum absolute atomic E-state index is 0.0377. The van der Waals surface area contributed by atoms with Crippen LogP contribution in [0.25, 0.3) is 23.1 Å². The monoisotopic (exact) mass is 304 g/mol. The molecule has 0 spiro atoms. The summed E-state index contributed by atoms with van der Waals surface area (Å²) in [6.07, 6.45) is 3.80. The van der Waals surface area contributed by atoms with Crippen LogP contribution in [0.3, 0.4) is 0 Å². The van der Waals surface area contributed by atoms with Gasteiger partial charge in [-0.05, 0) is 35.9 Å². The first-order chi connectivity index (χ1) is 11.0. The minimum Gasteiger partial charge on any atom is -0.457 e. The smallest absolute Gasteiger partial charge is 0.134 e. The number of hydrogen-bond acceptors (Lipinski definition) is 3. The molecular weight excluding hydrogens is 288 g/mol. The summed E-state index contributed by atoms with van der Waals surface area (Å²) in [5.74, 6) is 0.811. The van der Waals surface area contributed by atoms with Gasteiger partial charge in [-0.2, -0.15) is 0 Å². The largest absolute Gasteiger partial charge is 0.457 e. The molecule has 3 aromatic rings. The fourth-order valence-corrected chi connectivity index (χ4v) is 2.27. The lowest BCUT2D eigenvalue weighted by Gasteiger charge is -1.98. The second-order valence-electron chi connectivity index (χ2n) is 5.18. The highest BCUT2D eigenvalue weighted by Gasteiger charge is 2.04. The quantitative estimate of drug-likeness (QED) is 0.438. The van der Waals surface area contributed by atoms with Crippen molar-refractivity contribution in [3.05, 3.63) is 71.0 Å². The van der Waals surface area contributed by atoms with Gasteiger partial charge >= 0.3 is 0 Å². The molecule has 0 bridgehead atoms. The van der Waals surface area contributed by atoms with E-state index in [9.17, 15) is 0 Å². The Morgan fingerprint density at radius 1 is 0.826 bits per heavy atom. The molecule has 3 rings (SSSR count). The van der Waals surface area contributed by atoms with Crippen molar-refractivity contribution in [2.24, 2.45) is 11.5 Å². The Labute approximate surface area is 133 Å². The van der Waals surface area contributed by atoms with E-state index in [2.05, 4.69) is 0 Å². The van der Waals surface area contributed by atoms with Crippen molar-refractivity contribution in [1.82, 2.24) is 0 Å². The third kappa shape index (κ3) is 3.13. The highest BCUT2D eigenvalue weighted by atomic mass is 16.3. The number of nitrogens with one attached hydrogen (secondary N) is 2. The Bertz CT molecular complexity index is 920. The van der Waals surface area contributed by atoms with Crippen LogP contribution in [0.2, 0.25) is 0 Å². The Morgan fingerprint density at radius 2 is 1.48 bits per heavy atom. The maximum atomic E-state index is 7.47. The maximum absolute atomic E-state index is 7.47. The van der Waals surface area contributed by atoms with Gasteiger partial charge in [-0.3, -0.25) is 10.8 Å². The third-order valence-corrected chi connectivity index (χ3v) is 3.51. The van der Waals surface area contributed by atoms with E-state index in [0.717, 1.165) is 22.3 Å². The van der Waals surface area contributed by atoms with Crippen molar-refractivity contribution in [1.29, 1.82) is 10.8 Å². The average molecular weight is 304 g/mol. The number of nitrogens with two attached hydrogens (primary N) is 2. The molecule has 0 aliphatic carbocycles. The Kier molecular flexibility index (Phi) is 3.68. The first-order valence-electron chi connectivity index (χ1n) is 7.03. The molecule has 0 unspecified atom stereocenters. The molecule has 0 aliphatic heterocycles. The van der Waals surface area contributed by atoms with Crippen molar-refractivity contribution < 1.29 is 4.42 Å². The van der Waals surface area contributed by atoms with E-state index in [1.807, 2.05) is 42.5 Å². The maximum Gasteiger partial charge on any atom is 0.134 e. The lowest BCUT2D eigenvalue weighted by atomic mass is 10.1. The predicted molar refractivity (Wildman–Crippen MR) is 93.6 cm³/mol. The topological polar surface area (TPSA) is 113 Å². The summed E-state index contributed by atoms with van der Waals surface area (Å²) in [4.78, 5) is 0. The predicted octanol–water partition coefficient (Wildman–Crippen LogP) is 3.17. The molecule has 0 fully saturated rings. The zero-order valence-electron chi connectivity index (χ0n) is 12.3. The highest BCUT2D eigenvalue weighted by molar-refractivity contribution is 5.98. The molecule has 6 N–H and O–H groups in total. The highest BCUT2D eigenvalue weighted by Crippen LogP contribution is 2.22. The minimum atomic E-state index is 0.0377. The second-order valence-corrected chi connectivity index (χ2v) is 5.18. The van der Waals surface area contributed by atoms with Gasteiger partial charge in [0, 0.05) is 16.5 Å². The first-order valence-corrected chi connectivity index (χ1v) is 7.03. The molecule has 5 heteroatoms. The molecule has 23 heavy (non-hydrogen) atoms. The third-order valence-electron chi connectivity index (χ3n) is 3.51. The number of fused-ring (bicyclic) bond motifs is 1. The van der Waals surface area contributed by atoms with Gasteiger partial charge in [0.1, 0.15) is 23.0 Å². The summed E-state index contributed by atoms with van der Waals surface area (Å²) in [5, 5.41) is 15.7. The number of rotatable bonds is 4. The van der Waals surface area contributed by atoms with Crippen LogP contribution in [-0.4, -0.2) is 11.7 Å². The number of benzene rings is 2. The molecule has 0 aliphatic rings. The molecule has 1 heterocycles. The zero-order chi connectivity index (χ0) is 16.4. The van der Waals surface area contributed by atoms with Crippen molar-refractivity contribution in [3.63, 3.8) is 0 Å². The van der Waals surface area contributed by atoms with Gasteiger partial charge in [0.25, 0.3) is 0 Å². The molecule has 114 valence electrons. The normalized spacial score (nSPS) is 11.1. The fourth-order valence-electron chi connectivity index (χ4n) is 2.27. The van der Waals surface area contributed by atoms with Crippen molar-refractivity contribution in [2.45, 2.75) is 0 Å². The van der Waals surface area contributed by atoms with Gasteiger partial charge in [-0.25, -0.2) is 0 Å². The van der Waals surface area contributed by atoms with Gasteiger partial charge in [-0.15, -0.1) is 0 Å². The standard InChI is InChI=1S/C18H16N4O/c19-17(20)12-4-1-11(2-5-12)3-7-15-10-14-9-13(18(21)22)6-8-16(14)23-15/h1-10H,(H3,19,20)(H3,21,22)/b7-3+. The molecule has 0 radical (unpaired) electrons. The molecule has 5 nitrogen and oxygen atoms in total. The van der Waals surface area contributed by atoms with Crippen LogP contribution in [0, 0.1) is 10.8 Å². The van der Waals surface area contributed by atoms with Gasteiger partial charge in [0.05, 0.1) is 0 Å². The average Bonchev–Trinajstić information content (AvgIpc) is 2.95. The SMILES string of the molecule is N=C(N)c1ccc(/C=C/c2cc3cc(C(=N)N)ccc3o2)cc1. The summed E-state index contributed by atoms with van der Waals surface area (Å²) in [7, 11) is 0. The number of hydrogen-bond donors (Lipinski definition) is 4. The van der Waals surface area contributed by atoms with Gasteiger partial charge in [0.15, 0.2) is 0 Å². The lowest BCUT2D eigenvalue weighted by Crippen LogP contribution is -2.10. The van der Waals surface area contributed by atoms with E-state index in [1.54, 1.807) is 18.2 Å². The summed E-state index contributed by atoms with van der Waals surface area (Å²) in [5.41, 5.74) is 14.0. The van der Waals surface area contributed by atoms with Crippen molar-refractivity contribution >= 4 is 34.8 Å². The van der Waals surface area contributed by atoms with Crippen LogP contribution in [0.1, 0.15) is 22.5 Å². The molecule has 1 aromatic heterocycles. The van der Waals surface area contributed by atoms with E-state index in [-0.39, 0.29) is 11.7 Å². The lowest BCUT2D eigenvalue weighted by molar-refractivity contribution is 0.604. The molecule has 0 amide bonds. The Balaban J connectivity index is 1.85. The van der Waals surface area contributed by atoms with E-state index in [0.29, 0.717) is 11.1 Å². The fraction of sp³-hybridized carbons (Fsp3) is 0. The van der Waals surface area contributed by atoms with Crippen LogP contribution in [0.15, 0.2) is 52.9 Å². The van der Waals surface area contributed by atoms with Gasteiger partial charge in [0.2, 0.25) is 0 Å². The van der Waals surface area contributed by atoms with Gasteiger partial charge in [-0.1, -0.05) is 30.3 Å². The molecular formula is C18H16N4O. The Morgan fingerprint density at radius 3 is 2.13 bits per heavy atom. The van der Waals surface area contributed by atoms with Crippen LogP contribution >= 0.6 is 0 Å². The van der Waals surface area contributed by atoms with E-state index in [4.69, 9.17) is 26.7 Å². The van der Waals surface area contributed by atoms with E-state index in [1.165, 1.54) is 0 Å². The number of furan rings is 1. The molecule has 2 aromatic carbocycles. The molecule has 0 saturated heterocycles. The summed E-state index contributed by atoms with van der Waals surface area (Å²) in [6.45, 7) is 0. The van der Waals surface area contributed by atoms with E-state index < -0.39 is 0 Å². The van der Waals surface area contributed by atoms with Crippen LogP contribution < -0.4 is 11.5 Å². The summed E-state index contributed by atoms with van der Waals surface area (Å²) >= 11 is 0. The van der Waals surface area contributed by atoms with Crippen molar-refractivity contribution in [3.8, 4) is 0 Å². The van der Waals surface area contributed by atoms with Crippen LogP contribution in [-0.2, 0) is 0 Å². The zero-order valence-corrected chi connectivity index (χ0v) is 12.3. The van der Waals surface area contributed by atoms with E-state index >= 15 is 0 Å². The van der Waals surface area contributed by atoms with Crippen molar-refractivity contribution in [2.75, 3.05) is 0 Å². The first kappa shape index (κ1) is 14.6. The summed E-state index contributed by atoms with van der Waals surface area (Å²) in [6, 6.07) is 14.7. The van der Waals surface area contributed by atoms with Gasteiger partial charge < -0.3 is 15.9 Å². The number of amidine groups is 2. The number of nitrogen functional groups attached to an aromatic ring is 2. The molecule has 0 saturated carbocycles. The second kappa shape index (κ2) is 5.81. The van der Waals surface area contributed by atoms with Crippen LogP contribution in [0.5, 0.6) is 0 Å². The molecule has 0 atom stereocenters. The van der Waals surface area contributed by atoms with Crippen LogP contribution in [0.4, 0.5) is 0 Å².